The number of amides is 1. The van der Waals surface area contributed by atoms with Crippen LogP contribution in [0.4, 0.5) is 14.5 Å². The number of nitrogens with zero attached hydrogens (tertiary/aromatic N) is 2. The standard InChI is InChI=1S/C17H16F2N2O/c1-20-8-9-21(16-5-3-2-4-12(16)11-20)17(22)14-7-6-13(18)10-15(14)19/h2-7,10H,8-9,11H2,1H3. The second kappa shape index (κ2) is 5.85. The Balaban J connectivity index is 2.02. The molecule has 22 heavy (non-hydrogen) atoms. The van der Waals surface area contributed by atoms with Crippen molar-refractivity contribution in [1.82, 2.24) is 4.90 Å². The van der Waals surface area contributed by atoms with Gasteiger partial charge in [-0.05, 0) is 30.8 Å². The number of fused-ring (bicyclic) bond motifs is 1. The van der Waals surface area contributed by atoms with E-state index < -0.39 is 17.5 Å². The van der Waals surface area contributed by atoms with Gasteiger partial charge in [-0.1, -0.05) is 18.2 Å². The van der Waals surface area contributed by atoms with Crippen molar-refractivity contribution in [3.8, 4) is 0 Å². The molecule has 0 saturated heterocycles. The normalized spacial score (nSPS) is 15.3. The molecule has 3 rings (SSSR count). The quantitative estimate of drug-likeness (QED) is 0.808. The number of anilines is 1. The molecule has 114 valence electrons. The summed E-state index contributed by atoms with van der Waals surface area (Å²) in [5.41, 5.74) is 1.68. The highest BCUT2D eigenvalue weighted by Crippen LogP contribution is 2.26. The molecule has 0 atom stereocenters. The van der Waals surface area contributed by atoms with Gasteiger partial charge >= 0.3 is 0 Å². The molecular weight excluding hydrogens is 286 g/mol. The van der Waals surface area contributed by atoms with E-state index in [0.29, 0.717) is 13.1 Å². The summed E-state index contributed by atoms with van der Waals surface area (Å²) in [4.78, 5) is 16.4. The molecule has 1 amide bonds. The van der Waals surface area contributed by atoms with Crippen LogP contribution in [0.2, 0.25) is 0 Å². The van der Waals surface area contributed by atoms with Crippen molar-refractivity contribution in [3.05, 3.63) is 65.2 Å². The predicted molar refractivity (Wildman–Crippen MR) is 80.8 cm³/mol. The van der Waals surface area contributed by atoms with Gasteiger partial charge in [-0.3, -0.25) is 4.79 Å². The molecule has 5 heteroatoms. The molecule has 0 spiro atoms. The highest BCUT2D eigenvalue weighted by atomic mass is 19.1. The molecule has 0 aromatic heterocycles. The third kappa shape index (κ3) is 2.72. The molecule has 2 aromatic rings. The molecule has 2 aromatic carbocycles. The smallest absolute Gasteiger partial charge is 0.261 e. The largest absolute Gasteiger partial charge is 0.307 e. The SMILES string of the molecule is CN1CCN(C(=O)c2ccc(F)cc2F)c2ccccc2C1. The Morgan fingerprint density at radius 2 is 1.86 bits per heavy atom. The van der Waals surface area contributed by atoms with Crippen LogP contribution in [-0.2, 0) is 6.54 Å². The van der Waals surface area contributed by atoms with E-state index in [1.807, 2.05) is 31.3 Å². The van der Waals surface area contributed by atoms with Crippen LogP contribution in [0.15, 0.2) is 42.5 Å². The highest BCUT2D eigenvalue weighted by Gasteiger charge is 2.25. The molecule has 0 radical (unpaired) electrons. The minimum absolute atomic E-state index is 0.110. The zero-order valence-electron chi connectivity index (χ0n) is 12.2. The number of carbonyl (C=O) groups is 1. The first kappa shape index (κ1) is 14.7. The highest BCUT2D eigenvalue weighted by molar-refractivity contribution is 6.06. The van der Waals surface area contributed by atoms with Crippen molar-refractivity contribution < 1.29 is 13.6 Å². The third-order valence-corrected chi connectivity index (χ3v) is 3.83. The molecule has 0 fully saturated rings. The summed E-state index contributed by atoms with van der Waals surface area (Å²) < 4.78 is 26.9. The summed E-state index contributed by atoms with van der Waals surface area (Å²) in [6.45, 7) is 1.87. The molecule has 1 aliphatic heterocycles. The number of rotatable bonds is 1. The van der Waals surface area contributed by atoms with Crippen LogP contribution in [-0.4, -0.2) is 30.9 Å². The second-order valence-corrected chi connectivity index (χ2v) is 5.45. The Hall–Kier alpha value is -2.27. The Bertz CT molecular complexity index is 718. The lowest BCUT2D eigenvalue weighted by Crippen LogP contribution is -2.35. The average molecular weight is 302 g/mol. The van der Waals surface area contributed by atoms with Crippen molar-refractivity contribution in [2.24, 2.45) is 0 Å². The van der Waals surface area contributed by atoms with Crippen LogP contribution in [0, 0.1) is 11.6 Å². The number of carbonyl (C=O) groups excluding carboxylic acids is 1. The molecule has 0 bridgehead atoms. The molecule has 3 nitrogen and oxygen atoms in total. The zero-order valence-corrected chi connectivity index (χ0v) is 12.2. The summed E-state index contributed by atoms with van der Waals surface area (Å²) >= 11 is 0. The van der Waals surface area contributed by atoms with E-state index in [-0.39, 0.29) is 5.56 Å². The fourth-order valence-electron chi connectivity index (χ4n) is 2.69. The number of benzene rings is 2. The van der Waals surface area contributed by atoms with E-state index in [4.69, 9.17) is 0 Å². The maximum Gasteiger partial charge on any atom is 0.261 e. The van der Waals surface area contributed by atoms with E-state index in [9.17, 15) is 13.6 Å². The lowest BCUT2D eigenvalue weighted by atomic mass is 10.1. The summed E-state index contributed by atoms with van der Waals surface area (Å²) in [5.74, 6) is -1.97. The number of hydrogen-bond donors (Lipinski definition) is 0. The van der Waals surface area contributed by atoms with Crippen molar-refractivity contribution in [2.75, 3.05) is 25.0 Å². The number of halogens is 2. The van der Waals surface area contributed by atoms with Crippen LogP contribution < -0.4 is 4.90 Å². The van der Waals surface area contributed by atoms with E-state index in [1.165, 1.54) is 6.07 Å². The molecule has 0 aliphatic carbocycles. The lowest BCUT2D eigenvalue weighted by molar-refractivity contribution is 0.0982. The van der Waals surface area contributed by atoms with E-state index >= 15 is 0 Å². The Morgan fingerprint density at radius 1 is 1.09 bits per heavy atom. The predicted octanol–water partition coefficient (Wildman–Crippen LogP) is 3.06. The van der Waals surface area contributed by atoms with Gasteiger partial charge in [0.05, 0.1) is 5.56 Å². The minimum Gasteiger partial charge on any atom is -0.307 e. The zero-order chi connectivity index (χ0) is 15.7. The van der Waals surface area contributed by atoms with Gasteiger partial charge in [-0.15, -0.1) is 0 Å². The monoisotopic (exact) mass is 302 g/mol. The third-order valence-electron chi connectivity index (χ3n) is 3.83. The van der Waals surface area contributed by atoms with Crippen molar-refractivity contribution in [2.45, 2.75) is 6.54 Å². The first-order valence-corrected chi connectivity index (χ1v) is 7.09. The van der Waals surface area contributed by atoms with Crippen molar-refractivity contribution in [3.63, 3.8) is 0 Å². The molecule has 0 saturated carbocycles. The summed E-state index contributed by atoms with van der Waals surface area (Å²) in [5, 5.41) is 0. The Morgan fingerprint density at radius 3 is 2.64 bits per heavy atom. The maximum atomic E-state index is 13.9. The number of hydrogen-bond acceptors (Lipinski definition) is 2. The van der Waals surface area contributed by atoms with Crippen LogP contribution in [0.1, 0.15) is 15.9 Å². The first-order valence-electron chi connectivity index (χ1n) is 7.09. The van der Waals surface area contributed by atoms with Gasteiger partial charge in [0.15, 0.2) is 0 Å². The first-order chi connectivity index (χ1) is 10.6. The van der Waals surface area contributed by atoms with Crippen LogP contribution in [0.5, 0.6) is 0 Å². The fourth-order valence-corrected chi connectivity index (χ4v) is 2.69. The molecule has 0 unspecified atom stereocenters. The van der Waals surface area contributed by atoms with Crippen molar-refractivity contribution >= 4 is 11.6 Å². The van der Waals surface area contributed by atoms with Gasteiger partial charge in [-0.25, -0.2) is 8.78 Å². The summed E-state index contributed by atoms with van der Waals surface area (Å²) in [6.07, 6.45) is 0. The molecule has 0 N–H and O–H groups in total. The van der Waals surface area contributed by atoms with Gasteiger partial charge in [-0.2, -0.15) is 0 Å². The van der Waals surface area contributed by atoms with Crippen LogP contribution >= 0.6 is 0 Å². The van der Waals surface area contributed by atoms with Crippen LogP contribution in [0.3, 0.4) is 0 Å². The topological polar surface area (TPSA) is 23.6 Å². The Labute approximate surface area is 127 Å². The average Bonchev–Trinajstić information content (AvgIpc) is 2.65. The van der Waals surface area contributed by atoms with E-state index in [0.717, 1.165) is 29.9 Å². The Kier molecular flexibility index (Phi) is 3.90. The summed E-state index contributed by atoms with van der Waals surface area (Å²) in [7, 11) is 1.98. The van der Waals surface area contributed by atoms with Gasteiger partial charge in [0, 0.05) is 31.4 Å². The second-order valence-electron chi connectivity index (χ2n) is 5.45. The number of likely N-dealkylation sites (N-methyl/N-ethyl adjacent to an activating group) is 1. The fraction of sp³-hybridized carbons (Fsp3) is 0.235. The van der Waals surface area contributed by atoms with Crippen LogP contribution in [0.25, 0.3) is 0 Å². The van der Waals surface area contributed by atoms with Gasteiger partial charge in [0.2, 0.25) is 0 Å². The molecular formula is C17H16F2N2O. The van der Waals surface area contributed by atoms with Gasteiger partial charge in [0.1, 0.15) is 11.6 Å². The van der Waals surface area contributed by atoms with E-state index in [2.05, 4.69) is 4.90 Å². The van der Waals surface area contributed by atoms with E-state index in [1.54, 1.807) is 4.90 Å². The maximum absolute atomic E-state index is 13.9. The van der Waals surface area contributed by atoms with Crippen molar-refractivity contribution in [1.29, 1.82) is 0 Å². The molecule has 1 heterocycles. The lowest BCUT2D eigenvalue weighted by Gasteiger charge is -2.23. The van der Waals surface area contributed by atoms with Gasteiger partial charge in [0.25, 0.3) is 5.91 Å². The van der Waals surface area contributed by atoms with Gasteiger partial charge < -0.3 is 9.80 Å². The molecule has 1 aliphatic rings. The minimum atomic E-state index is -0.833. The summed E-state index contributed by atoms with van der Waals surface area (Å²) in [6, 6.07) is 10.6. The number of para-hydroxylation sites is 1.